The molecule has 2 heteroatoms. The van der Waals surface area contributed by atoms with Gasteiger partial charge in [0, 0.05) is 34.1 Å². The van der Waals surface area contributed by atoms with Crippen LogP contribution in [-0.4, -0.2) is 11.6 Å². The summed E-state index contributed by atoms with van der Waals surface area (Å²) in [5, 5.41) is 2.05. The molecule has 1 saturated carbocycles. The zero-order chi connectivity index (χ0) is 16.2. The number of carbonyl (C=O) groups is 2. The molecule has 1 spiro atoms. The average Bonchev–Trinajstić information content (AvgIpc) is 3.03. The Balaban J connectivity index is 1.61. The molecule has 0 aliphatic heterocycles. The van der Waals surface area contributed by atoms with Gasteiger partial charge < -0.3 is 0 Å². The van der Waals surface area contributed by atoms with E-state index in [1.807, 2.05) is 36.4 Å². The summed E-state index contributed by atoms with van der Waals surface area (Å²) in [6.45, 7) is 2.25. The molecule has 24 heavy (non-hydrogen) atoms. The highest BCUT2D eigenvalue weighted by Crippen LogP contribution is 2.74. The maximum Gasteiger partial charge on any atom is 0.190 e. The van der Waals surface area contributed by atoms with Gasteiger partial charge >= 0.3 is 0 Å². The molecule has 0 saturated heterocycles. The van der Waals surface area contributed by atoms with E-state index in [0.29, 0.717) is 17.0 Å². The first-order valence-electron chi connectivity index (χ1n) is 8.67. The van der Waals surface area contributed by atoms with E-state index in [4.69, 9.17) is 0 Å². The smallest absolute Gasteiger partial charge is 0.190 e. The number of ketones is 2. The van der Waals surface area contributed by atoms with Crippen LogP contribution < -0.4 is 0 Å². The van der Waals surface area contributed by atoms with Crippen LogP contribution in [0.25, 0.3) is 10.8 Å². The lowest BCUT2D eigenvalue weighted by Gasteiger charge is -2.22. The van der Waals surface area contributed by atoms with E-state index in [2.05, 4.69) is 19.1 Å². The molecule has 4 aliphatic carbocycles. The Morgan fingerprint density at radius 3 is 1.75 bits per heavy atom. The minimum atomic E-state index is 0.0840. The lowest BCUT2D eigenvalue weighted by Crippen LogP contribution is -2.24. The predicted molar refractivity (Wildman–Crippen MR) is 92.0 cm³/mol. The summed E-state index contributed by atoms with van der Waals surface area (Å²) in [5.74, 6) is 1.07. The summed E-state index contributed by atoms with van der Waals surface area (Å²) in [5.41, 5.74) is 2.94. The summed E-state index contributed by atoms with van der Waals surface area (Å²) in [6.07, 6.45) is 5.50. The molecule has 2 nitrogen and oxygen atoms in total. The van der Waals surface area contributed by atoms with E-state index in [1.54, 1.807) is 0 Å². The van der Waals surface area contributed by atoms with E-state index in [9.17, 15) is 9.59 Å². The second-order valence-corrected chi connectivity index (χ2v) is 7.79. The second-order valence-electron chi connectivity index (χ2n) is 7.79. The molecule has 4 aliphatic rings. The molecule has 0 N–H and O–H groups in total. The van der Waals surface area contributed by atoms with Crippen LogP contribution in [0, 0.1) is 23.2 Å². The van der Waals surface area contributed by atoms with Crippen LogP contribution in [-0.2, 0) is 0 Å². The van der Waals surface area contributed by atoms with Crippen molar-refractivity contribution >= 4 is 22.3 Å². The Morgan fingerprint density at radius 2 is 1.33 bits per heavy atom. The first-order chi connectivity index (χ1) is 11.6. The van der Waals surface area contributed by atoms with Gasteiger partial charge in [-0.15, -0.1) is 0 Å². The maximum absolute atomic E-state index is 13.3. The highest BCUT2D eigenvalue weighted by Gasteiger charge is 2.69. The van der Waals surface area contributed by atoms with Crippen molar-refractivity contribution in [3.05, 3.63) is 70.8 Å². The van der Waals surface area contributed by atoms with E-state index in [-0.39, 0.29) is 28.8 Å². The Kier molecular flexibility index (Phi) is 2.03. The largest absolute Gasteiger partial charge is 0.289 e. The molecule has 0 amide bonds. The van der Waals surface area contributed by atoms with Crippen LogP contribution in [0.1, 0.15) is 34.1 Å². The zero-order valence-corrected chi connectivity index (χ0v) is 13.4. The van der Waals surface area contributed by atoms with Crippen LogP contribution in [0.2, 0.25) is 0 Å². The topological polar surface area (TPSA) is 34.1 Å². The molecule has 3 atom stereocenters. The molecule has 2 aromatic carbocycles. The van der Waals surface area contributed by atoms with Crippen molar-refractivity contribution in [3.63, 3.8) is 0 Å². The Hall–Kier alpha value is -2.48. The first kappa shape index (κ1) is 12.9. The predicted octanol–water partition coefficient (Wildman–Crippen LogP) is 4.36. The molecule has 2 bridgehead atoms. The number of carbonyl (C=O) groups excluding carboxylic acids is 2. The van der Waals surface area contributed by atoms with Crippen molar-refractivity contribution in [2.45, 2.75) is 13.3 Å². The van der Waals surface area contributed by atoms with E-state index >= 15 is 0 Å². The van der Waals surface area contributed by atoms with E-state index < -0.39 is 0 Å². The van der Waals surface area contributed by atoms with Crippen molar-refractivity contribution < 1.29 is 9.59 Å². The van der Waals surface area contributed by atoms with E-state index in [0.717, 1.165) is 28.3 Å². The van der Waals surface area contributed by atoms with Gasteiger partial charge in [-0.3, -0.25) is 9.59 Å². The minimum absolute atomic E-state index is 0.0840. The second kappa shape index (κ2) is 3.77. The summed E-state index contributed by atoms with van der Waals surface area (Å²) in [6, 6.07) is 11.8. The first-order valence-corrected chi connectivity index (χ1v) is 8.67. The van der Waals surface area contributed by atoms with Gasteiger partial charge in [-0.1, -0.05) is 43.3 Å². The minimum Gasteiger partial charge on any atom is -0.289 e. The number of fused-ring (bicyclic) bond motifs is 4. The highest BCUT2D eigenvalue weighted by molar-refractivity contribution is 6.29. The molecular weight excluding hydrogens is 296 g/mol. The third-order valence-electron chi connectivity index (χ3n) is 6.85. The van der Waals surface area contributed by atoms with E-state index in [1.165, 1.54) is 0 Å². The fourth-order valence-corrected chi connectivity index (χ4v) is 5.61. The van der Waals surface area contributed by atoms with Crippen LogP contribution >= 0.6 is 0 Å². The molecular formula is C22H16O2. The van der Waals surface area contributed by atoms with Gasteiger partial charge in [0.1, 0.15) is 0 Å². The summed E-state index contributed by atoms with van der Waals surface area (Å²) in [7, 11) is 0. The fourth-order valence-electron chi connectivity index (χ4n) is 5.61. The fraction of sp³-hybridized carbons (Fsp3) is 0.273. The van der Waals surface area contributed by atoms with Crippen molar-refractivity contribution in [1.29, 1.82) is 0 Å². The van der Waals surface area contributed by atoms with Crippen LogP contribution in [0.5, 0.6) is 0 Å². The van der Waals surface area contributed by atoms with Crippen LogP contribution in [0.15, 0.2) is 59.7 Å². The molecule has 0 aromatic heterocycles. The van der Waals surface area contributed by atoms with Crippen LogP contribution in [0.3, 0.4) is 0 Å². The Bertz CT molecular complexity index is 978. The van der Waals surface area contributed by atoms with Crippen molar-refractivity contribution in [2.24, 2.45) is 23.2 Å². The van der Waals surface area contributed by atoms with Crippen molar-refractivity contribution in [2.75, 3.05) is 0 Å². The van der Waals surface area contributed by atoms with Gasteiger partial charge in [0.15, 0.2) is 11.6 Å². The van der Waals surface area contributed by atoms with Gasteiger partial charge in [0.25, 0.3) is 0 Å². The molecule has 0 heterocycles. The quantitative estimate of drug-likeness (QED) is 0.677. The van der Waals surface area contributed by atoms with Gasteiger partial charge in [-0.2, -0.15) is 0 Å². The Labute approximate surface area is 139 Å². The third kappa shape index (κ3) is 1.21. The average molecular weight is 312 g/mol. The molecule has 3 unspecified atom stereocenters. The lowest BCUT2D eigenvalue weighted by molar-refractivity contribution is 0.0970. The number of benzene rings is 2. The van der Waals surface area contributed by atoms with Crippen molar-refractivity contribution in [3.8, 4) is 0 Å². The standard InChI is InChI=1S/C22H16O2/c1-11-10-22(11)16-6-7-17(22)19-18(16)20(23)14-8-12-4-2-3-5-13(12)9-15(14)21(19)24/h2-9,11,16-17H,10H2,1H3. The highest BCUT2D eigenvalue weighted by atomic mass is 16.1. The normalized spacial score (nSPS) is 35.1. The molecule has 1 fully saturated rings. The maximum atomic E-state index is 13.3. The number of hydrogen-bond acceptors (Lipinski definition) is 2. The van der Waals surface area contributed by atoms with Gasteiger partial charge in [-0.25, -0.2) is 0 Å². The number of hydrogen-bond donors (Lipinski definition) is 0. The molecule has 2 aromatic rings. The number of allylic oxidation sites excluding steroid dienone is 4. The third-order valence-corrected chi connectivity index (χ3v) is 6.85. The number of rotatable bonds is 0. The van der Waals surface area contributed by atoms with Gasteiger partial charge in [0.2, 0.25) is 0 Å². The summed E-state index contributed by atoms with van der Waals surface area (Å²) in [4.78, 5) is 26.5. The van der Waals surface area contributed by atoms with Crippen molar-refractivity contribution in [1.82, 2.24) is 0 Å². The lowest BCUT2D eigenvalue weighted by atomic mass is 9.79. The Morgan fingerprint density at radius 1 is 0.875 bits per heavy atom. The molecule has 0 radical (unpaired) electrons. The molecule has 6 rings (SSSR count). The number of Topliss-reactive ketones (excluding diaryl/α,β-unsaturated/α-hetero) is 2. The van der Waals surface area contributed by atoms with Gasteiger partial charge in [-0.05, 0) is 40.7 Å². The van der Waals surface area contributed by atoms with Crippen LogP contribution in [0.4, 0.5) is 0 Å². The SMILES string of the molecule is CC1CC12C1C=CC2C2=C1C(=O)c1cc3ccccc3cc1C2=O. The molecule has 116 valence electrons. The summed E-state index contributed by atoms with van der Waals surface area (Å²) >= 11 is 0. The zero-order valence-electron chi connectivity index (χ0n) is 13.4. The monoisotopic (exact) mass is 312 g/mol. The van der Waals surface area contributed by atoms with Gasteiger partial charge in [0.05, 0.1) is 0 Å². The summed E-state index contributed by atoms with van der Waals surface area (Å²) < 4.78 is 0.